The molecule has 0 heterocycles. The molecule has 0 rings (SSSR count). The molecule has 0 aromatic heterocycles. The summed E-state index contributed by atoms with van der Waals surface area (Å²) in [6, 6.07) is 0. The molecular formula is C19H38O2. The molecule has 0 aliphatic carbocycles. The zero-order chi connectivity index (χ0) is 16.1. The molecule has 3 atom stereocenters. The monoisotopic (exact) mass is 298 g/mol. The summed E-state index contributed by atoms with van der Waals surface area (Å²) in [6.07, 6.45) is 13.5. The van der Waals surface area contributed by atoms with E-state index in [2.05, 4.69) is 20.8 Å². The van der Waals surface area contributed by atoms with E-state index in [4.69, 9.17) is 4.74 Å². The number of esters is 1. The molecule has 0 aliphatic heterocycles. The van der Waals surface area contributed by atoms with Crippen LogP contribution in [0.25, 0.3) is 0 Å². The Kier molecular flexibility index (Phi) is 12.8. The third kappa shape index (κ3) is 12.9. The molecule has 0 aromatic rings. The Morgan fingerprint density at radius 3 is 2.05 bits per heavy atom. The summed E-state index contributed by atoms with van der Waals surface area (Å²) in [6.45, 7) is 10.3. The summed E-state index contributed by atoms with van der Waals surface area (Å²) >= 11 is 0. The van der Waals surface area contributed by atoms with Gasteiger partial charge in [-0.25, -0.2) is 0 Å². The van der Waals surface area contributed by atoms with Crippen molar-refractivity contribution < 1.29 is 9.53 Å². The predicted octanol–water partition coefficient (Wildman–Crippen LogP) is 6.13. The van der Waals surface area contributed by atoms with E-state index in [9.17, 15) is 4.79 Å². The fourth-order valence-corrected chi connectivity index (χ4v) is 2.82. The predicted molar refractivity (Wildman–Crippen MR) is 91.4 cm³/mol. The Balaban J connectivity index is 3.51. The highest BCUT2D eigenvalue weighted by molar-refractivity contribution is 5.66. The highest BCUT2D eigenvalue weighted by Gasteiger charge is 2.15. The summed E-state index contributed by atoms with van der Waals surface area (Å²) in [4.78, 5) is 10.9. The van der Waals surface area contributed by atoms with E-state index in [1.54, 1.807) is 0 Å². The lowest BCUT2D eigenvalue weighted by Crippen LogP contribution is -2.20. The molecule has 0 amide bonds. The molecule has 2 nitrogen and oxygen atoms in total. The van der Waals surface area contributed by atoms with Gasteiger partial charge in [-0.3, -0.25) is 4.79 Å². The first-order valence-corrected chi connectivity index (χ1v) is 9.14. The van der Waals surface area contributed by atoms with Gasteiger partial charge < -0.3 is 4.74 Å². The van der Waals surface area contributed by atoms with Gasteiger partial charge in [0.05, 0.1) is 0 Å². The second kappa shape index (κ2) is 13.2. The molecule has 0 N–H and O–H groups in total. The molecule has 126 valence electrons. The van der Waals surface area contributed by atoms with Crippen molar-refractivity contribution in [2.24, 2.45) is 11.8 Å². The van der Waals surface area contributed by atoms with E-state index < -0.39 is 0 Å². The molecule has 0 fully saturated rings. The zero-order valence-electron chi connectivity index (χ0n) is 15.1. The number of unbranched alkanes of at least 4 members (excludes halogenated alkanes) is 5. The van der Waals surface area contributed by atoms with Crippen molar-refractivity contribution in [3.8, 4) is 0 Å². The average Bonchev–Trinajstić information content (AvgIpc) is 2.41. The Morgan fingerprint density at radius 1 is 0.857 bits per heavy atom. The van der Waals surface area contributed by atoms with Crippen LogP contribution in [0, 0.1) is 11.8 Å². The van der Waals surface area contributed by atoms with Crippen molar-refractivity contribution >= 4 is 5.97 Å². The smallest absolute Gasteiger partial charge is 0.302 e. The summed E-state index contributed by atoms with van der Waals surface area (Å²) in [5.41, 5.74) is 0. The second-order valence-corrected chi connectivity index (χ2v) is 6.88. The SMILES string of the molecule is CCCCCCCC[C@@H](C)CCC[C@@H](C)[C@H](C)OC(C)=O. The average molecular weight is 299 g/mol. The molecule has 0 aliphatic rings. The maximum Gasteiger partial charge on any atom is 0.302 e. The van der Waals surface area contributed by atoms with Gasteiger partial charge >= 0.3 is 5.97 Å². The van der Waals surface area contributed by atoms with Crippen molar-refractivity contribution in [3.05, 3.63) is 0 Å². The Bertz CT molecular complexity index is 250. The van der Waals surface area contributed by atoms with Crippen LogP contribution >= 0.6 is 0 Å². The van der Waals surface area contributed by atoms with Crippen LogP contribution in [0.5, 0.6) is 0 Å². The van der Waals surface area contributed by atoms with Gasteiger partial charge in [-0.15, -0.1) is 0 Å². The van der Waals surface area contributed by atoms with Gasteiger partial charge in [-0.05, 0) is 25.2 Å². The first-order valence-electron chi connectivity index (χ1n) is 9.14. The lowest BCUT2D eigenvalue weighted by atomic mass is 9.92. The number of ether oxygens (including phenoxy) is 1. The van der Waals surface area contributed by atoms with Crippen LogP contribution in [0.2, 0.25) is 0 Å². The second-order valence-electron chi connectivity index (χ2n) is 6.88. The Morgan fingerprint density at radius 2 is 1.43 bits per heavy atom. The molecule has 0 spiro atoms. The van der Waals surface area contributed by atoms with Crippen molar-refractivity contribution in [1.82, 2.24) is 0 Å². The van der Waals surface area contributed by atoms with Crippen molar-refractivity contribution in [1.29, 1.82) is 0 Å². The third-order valence-corrected chi connectivity index (χ3v) is 4.56. The van der Waals surface area contributed by atoms with E-state index in [1.807, 2.05) is 6.92 Å². The maximum atomic E-state index is 10.9. The van der Waals surface area contributed by atoms with Crippen LogP contribution in [0.15, 0.2) is 0 Å². The summed E-state index contributed by atoms with van der Waals surface area (Å²) < 4.78 is 5.24. The lowest BCUT2D eigenvalue weighted by Gasteiger charge is -2.20. The number of hydrogen-bond acceptors (Lipinski definition) is 2. The van der Waals surface area contributed by atoms with E-state index in [0.29, 0.717) is 5.92 Å². The van der Waals surface area contributed by atoms with Gasteiger partial charge in [-0.2, -0.15) is 0 Å². The van der Waals surface area contributed by atoms with E-state index in [1.165, 1.54) is 64.7 Å². The van der Waals surface area contributed by atoms with Gasteiger partial charge in [0.25, 0.3) is 0 Å². The van der Waals surface area contributed by atoms with E-state index in [-0.39, 0.29) is 12.1 Å². The van der Waals surface area contributed by atoms with Crippen LogP contribution in [0.3, 0.4) is 0 Å². The molecule has 2 heteroatoms. The minimum absolute atomic E-state index is 0.0522. The summed E-state index contributed by atoms with van der Waals surface area (Å²) in [7, 11) is 0. The molecule has 0 bridgehead atoms. The number of hydrogen-bond donors (Lipinski definition) is 0. The van der Waals surface area contributed by atoms with E-state index >= 15 is 0 Å². The molecule has 0 radical (unpaired) electrons. The maximum absolute atomic E-state index is 10.9. The van der Waals surface area contributed by atoms with Gasteiger partial charge in [-0.1, -0.05) is 78.6 Å². The summed E-state index contributed by atoms with van der Waals surface area (Å²) in [5, 5.41) is 0. The van der Waals surface area contributed by atoms with Crippen LogP contribution in [-0.4, -0.2) is 12.1 Å². The van der Waals surface area contributed by atoms with Crippen molar-refractivity contribution in [2.45, 2.75) is 105 Å². The highest BCUT2D eigenvalue weighted by Crippen LogP contribution is 2.21. The number of carbonyl (C=O) groups excluding carboxylic acids is 1. The third-order valence-electron chi connectivity index (χ3n) is 4.56. The Labute approximate surface area is 133 Å². The van der Waals surface area contributed by atoms with Gasteiger partial charge in [0.15, 0.2) is 0 Å². The molecule has 0 saturated carbocycles. The first kappa shape index (κ1) is 20.5. The normalized spacial score (nSPS) is 15.5. The van der Waals surface area contributed by atoms with Crippen LogP contribution < -0.4 is 0 Å². The minimum atomic E-state index is -0.161. The molecule has 0 unspecified atom stereocenters. The standard InChI is InChI=1S/C19H38O2/c1-6-7-8-9-10-11-13-16(2)14-12-15-17(3)18(4)21-19(5)20/h16-18H,6-15H2,1-5H3/t16-,17-,18+/m1/s1. The topological polar surface area (TPSA) is 26.3 Å². The van der Waals surface area contributed by atoms with Crippen molar-refractivity contribution in [3.63, 3.8) is 0 Å². The quantitative estimate of drug-likeness (QED) is 0.302. The highest BCUT2D eigenvalue weighted by atomic mass is 16.5. The van der Waals surface area contributed by atoms with Gasteiger partial charge in [0.1, 0.15) is 6.10 Å². The largest absolute Gasteiger partial charge is 0.463 e. The lowest BCUT2D eigenvalue weighted by molar-refractivity contribution is -0.147. The van der Waals surface area contributed by atoms with Crippen LogP contribution in [-0.2, 0) is 9.53 Å². The van der Waals surface area contributed by atoms with Crippen molar-refractivity contribution in [2.75, 3.05) is 0 Å². The molecule has 0 saturated heterocycles. The molecule has 0 aromatic carbocycles. The fourth-order valence-electron chi connectivity index (χ4n) is 2.82. The van der Waals surface area contributed by atoms with Gasteiger partial charge in [0, 0.05) is 6.92 Å². The molecular weight excluding hydrogens is 260 g/mol. The Hall–Kier alpha value is -0.530. The van der Waals surface area contributed by atoms with E-state index in [0.717, 1.165) is 12.3 Å². The van der Waals surface area contributed by atoms with Crippen LogP contribution in [0.4, 0.5) is 0 Å². The number of rotatable bonds is 13. The molecule has 21 heavy (non-hydrogen) atoms. The zero-order valence-corrected chi connectivity index (χ0v) is 15.1. The first-order chi connectivity index (χ1) is 9.97. The van der Waals surface area contributed by atoms with Crippen LogP contribution in [0.1, 0.15) is 98.8 Å². The summed E-state index contributed by atoms with van der Waals surface area (Å²) in [5.74, 6) is 1.15. The fraction of sp³-hybridized carbons (Fsp3) is 0.947. The minimum Gasteiger partial charge on any atom is -0.463 e. The van der Waals surface area contributed by atoms with Gasteiger partial charge in [0.2, 0.25) is 0 Å². The number of carbonyl (C=O) groups is 1.